The summed E-state index contributed by atoms with van der Waals surface area (Å²) >= 11 is 0. The summed E-state index contributed by atoms with van der Waals surface area (Å²) in [5, 5.41) is 4.75. The van der Waals surface area contributed by atoms with Crippen LogP contribution in [0.15, 0.2) is 24.4 Å². The molecule has 0 amide bonds. The Morgan fingerprint density at radius 3 is 2.60 bits per heavy atom. The number of benzene rings is 1. The lowest BCUT2D eigenvalue weighted by Gasteiger charge is -2.20. The Morgan fingerprint density at radius 2 is 1.83 bits per heavy atom. The summed E-state index contributed by atoms with van der Waals surface area (Å²) in [5.74, 6) is 2.65. The van der Waals surface area contributed by atoms with Gasteiger partial charge >= 0.3 is 0 Å². The molecular weight excluding hydrogens is 376 g/mol. The Bertz CT molecular complexity index is 1030. The van der Waals surface area contributed by atoms with Crippen molar-refractivity contribution in [2.24, 2.45) is 0 Å². The van der Waals surface area contributed by atoms with E-state index in [1.54, 1.807) is 14.2 Å². The lowest BCUT2D eigenvalue weighted by Crippen LogP contribution is -2.24. The van der Waals surface area contributed by atoms with Gasteiger partial charge in [-0.1, -0.05) is 38.7 Å². The van der Waals surface area contributed by atoms with Crippen molar-refractivity contribution < 1.29 is 9.47 Å². The van der Waals surface area contributed by atoms with Gasteiger partial charge in [0.1, 0.15) is 5.82 Å². The molecule has 0 saturated heterocycles. The van der Waals surface area contributed by atoms with E-state index in [1.165, 1.54) is 43.5 Å². The van der Waals surface area contributed by atoms with Crippen LogP contribution in [0.2, 0.25) is 0 Å². The van der Waals surface area contributed by atoms with E-state index in [2.05, 4.69) is 18.7 Å². The molecular formula is C24H32N4O2. The van der Waals surface area contributed by atoms with Gasteiger partial charge in [0.25, 0.3) is 0 Å². The molecule has 0 aliphatic carbocycles. The molecule has 6 nitrogen and oxygen atoms in total. The summed E-state index contributed by atoms with van der Waals surface area (Å²) in [6.07, 6.45) is 9.43. The minimum absolute atomic E-state index is 0.709. The first-order valence-corrected chi connectivity index (χ1v) is 11.0. The van der Waals surface area contributed by atoms with Crippen molar-refractivity contribution in [3.8, 4) is 22.6 Å². The first-order valence-electron chi connectivity index (χ1n) is 11.0. The second-order valence-electron chi connectivity index (χ2n) is 8.01. The Balaban J connectivity index is 1.68. The number of rotatable bonds is 9. The van der Waals surface area contributed by atoms with Gasteiger partial charge in [-0.25, -0.2) is 4.98 Å². The Hall–Kier alpha value is -2.76. The number of anilines is 1. The summed E-state index contributed by atoms with van der Waals surface area (Å²) in [6.45, 7) is 6.52. The molecule has 2 aromatic heterocycles. The average molecular weight is 409 g/mol. The van der Waals surface area contributed by atoms with Gasteiger partial charge in [-0.05, 0) is 37.5 Å². The highest BCUT2D eigenvalue weighted by Gasteiger charge is 2.26. The molecule has 1 aromatic carbocycles. The number of nitrogens with zero attached hydrogens (tertiary/aromatic N) is 4. The molecule has 0 fully saturated rings. The van der Waals surface area contributed by atoms with Crippen LogP contribution >= 0.6 is 0 Å². The highest BCUT2D eigenvalue weighted by molar-refractivity contribution is 5.80. The number of hydrogen-bond donors (Lipinski definition) is 0. The van der Waals surface area contributed by atoms with Crippen molar-refractivity contribution in [1.29, 1.82) is 0 Å². The number of unbranched alkanes of at least 4 members (excludes halogenated alkanes) is 4. The van der Waals surface area contributed by atoms with E-state index in [4.69, 9.17) is 19.6 Å². The summed E-state index contributed by atoms with van der Waals surface area (Å²) in [5.41, 5.74) is 5.37. The van der Waals surface area contributed by atoms with Crippen molar-refractivity contribution in [2.45, 2.75) is 52.4 Å². The lowest BCUT2D eigenvalue weighted by molar-refractivity contribution is 0.355. The van der Waals surface area contributed by atoms with Crippen molar-refractivity contribution in [3.05, 3.63) is 35.7 Å². The van der Waals surface area contributed by atoms with Gasteiger partial charge in [0, 0.05) is 29.9 Å². The molecule has 160 valence electrons. The van der Waals surface area contributed by atoms with Crippen LogP contribution in [-0.2, 0) is 6.42 Å². The van der Waals surface area contributed by atoms with Gasteiger partial charge in [-0.15, -0.1) is 0 Å². The molecule has 3 heterocycles. The fraction of sp³-hybridized carbons (Fsp3) is 0.500. The third kappa shape index (κ3) is 3.71. The quantitative estimate of drug-likeness (QED) is 0.464. The first-order chi connectivity index (χ1) is 14.7. The monoisotopic (exact) mass is 408 g/mol. The Morgan fingerprint density at radius 1 is 1.03 bits per heavy atom. The molecule has 0 atom stereocenters. The van der Waals surface area contributed by atoms with Gasteiger partial charge in [-0.3, -0.25) is 0 Å². The van der Waals surface area contributed by atoms with Gasteiger partial charge in [0.15, 0.2) is 17.1 Å². The Kier molecular flexibility index (Phi) is 6.11. The molecule has 4 rings (SSSR count). The van der Waals surface area contributed by atoms with E-state index in [1.807, 2.05) is 28.9 Å². The average Bonchev–Trinajstić information content (AvgIpc) is 3.37. The predicted molar refractivity (Wildman–Crippen MR) is 121 cm³/mol. The SMILES string of the molecule is CCCCCCCN1CCc2c(C)nc3c(-c4ccc(OC)c(OC)c4)cnn3c21. The highest BCUT2D eigenvalue weighted by atomic mass is 16.5. The van der Waals surface area contributed by atoms with Gasteiger partial charge in [0.05, 0.1) is 20.4 Å². The van der Waals surface area contributed by atoms with Crippen LogP contribution in [0.5, 0.6) is 11.5 Å². The standard InChI is InChI=1S/C24H32N4O2/c1-5-6-7-8-9-13-27-14-12-19-17(2)26-23-20(16-25-28(23)24(19)27)18-10-11-21(29-3)22(15-18)30-4/h10-11,15-16H,5-9,12-14H2,1-4H3. The fourth-order valence-electron chi connectivity index (χ4n) is 4.42. The van der Waals surface area contributed by atoms with E-state index in [9.17, 15) is 0 Å². The zero-order valence-corrected chi connectivity index (χ0v) is 18.6. The van der Waals surface area contributed by atoms with E-state index >= 15 is 0 Å². The zero-order valence-electron chi connectivity index (χ0n) is 18.6. The number of aryl methyl sites for hydroxylation is 1. The minimum atomic E-state index is 0.709. The molecule has 0 unspecified atom stereocenters. The topological polar surface area (TPSA) is 51.9 Å². The third-order valence-electron chi connectivity index (χ3n) is 6.08. The number of hydrogen-bond acceptors (Lipinski definition) is 5. The molecule has 3 aromatic rings. The van der Waals surface area contributed by atoms with Gasteiger partial charge < -0.3 is 14.4 Å². The van der Waals surface area contributed by atoms with Crippen molar-refractivity contribution in [2.75, 3.05) is 32.2 Å². The number of aromatic nitrogens is 3. The lowest BCUT2D eigenvalue weighted by atomic mass is 10.1. The number of methoxy groups -OCH3 is 2. The van der Waals surface area contributed by atoms with Crippen LogP contribution in [0.3, 0.4) is 0 Å². The highest BCUT2D eigenvalue weighted by Crippen LogP contribution is 2.37. The van der Waals surface area contributed by atoms with Crippen LogP contribution in [-0.4, -0.2) is 41.9 Å². The van der Waals surface area contributed by atoms with Crippen molar-refractivity contribution in [1.82, 2.24) is 14.6 Å². The molecule has 0 radical (unpaired) electrons. The fourth-order valence-corrected chi connectivity index (χ4v) is 4.42. The third-order valence-corrected chi connectivity index (χ3v) is 6.08. The second-order valence-corrected chi connectivity index (χ2v) is 8.01. The molecule has 30 heavy (non-hydrogen) atoms. The molecule has 1 aliphatic rings. The van der Waals surface area contributed by atoms with Crippen LogP contribution in [0.4, 0.5) is 5.82 Å². The second kappa shape index (κ2) is 8.94. The molecule has 0 spiro atoms. The smallest absolute Gasteiger partial charge is 0.165 e. The van der Waals surface area contributed by atoms with Gasteiger partial charge in [0.2, 0.25) is 0 Å². The first kappa shape index (κ1) is 20.5. The van der Waals surface area contributed by atoms with Crippen LogP contribution in [0, 0.1) is 6.92 Å². The van der Waals surface area contributed by atoms with Crippen LogP contribution in [0.1, 0.15) is 50.3 Å². The summed E-state index contributed by atoms with van der Waals surface area (Å²) in [4.78, 5) is 7.43. The zero-order chi connectivity index (χ0) is 21.1. The van der Waals surface area contributed by atoms with Crippen LogP contribution in [0.25, 0.3) is 16.8 Å². The van der Waals surface area contributed by atoms with E-state index < -0.39 is 0 Å². The normalized spacial score (nSPS) is 13.1. The van der Waals surface area contributed by atoms with E-state index in [0.29, 0.717) is 5.75 Å². The molecule has 1 aliphatic heterocycles. The largest absolute Gasteiger partial charge is 0.493 e. The Labute approximate surface area is 178 Å². The van der Waals surface area contributed by atoms with Crippen molar-refractivity contribution >= 4 is 11.5 Å². The number of fused-ring (bicyclic) bond motifs is 3. The summed E-state index contributed by atoms with van der Waals surface area (Å²) in [7, 11) is 3.31. The van der Waals surface area contributed by atoms with Crippen molar-refractivity contribution in [3.63, 3.8) is 0 Å². The molecule has 0 bridgehead atoms. The molecule has 0 saturated carbocycles. The summed E-state index contributed by atoms with van der Waals surface area (Å²) < 4.78 is 12.9. The maximum absolute atomic E-state index is 5.49. The van der Waals surface area contributed by atoms with Crippen LogP contribution < -0.4 is 14.4 Å². The molecule has 6 heteroatoms. The maximum Gasteiger partial charge on any atom is 0.165 e. The predicted octanol–water partition coefficient (Wildman–Crippen LogP) is 5.05. The van der Waals surface area contributed by atoms with E-state index in [-0.39, 0.29) is 0 Å². The minimum Gasteiger partial charge on any atom is -0.493 e. The maximum atomic E-state index is 5.49. The van der Waals surface area contributed by atoms with Gasteiger partial charge in [-0.2, -0.15) is 9.61 Å². The van der Waals surface area contributed by atoms with E-state index in [0.717, 1.165) is 47.7 Å². The molecule has 0 N–H and O–H groups in total. The summed E-state index contributed by atoms with van der Waals surface area (Å²) in [6, 6.07) is 5.96. The number of ether oxygens (including phenoxy) is 2.